The molecular weight excluding hydrogens is 588 g/mol. The van der Waals surface area contributed by atoms with Crippen molar-refractivity contribution < 1.29 is 28.5 Å². The van der Waals surface area contributed by atoms with E-state index < -0.39 is 12.0 Å². The summed E-state index contributed by atoms with van der Waals surface area (Å²) in [5, 5.41) is 0. The molecule has 206 valence electrons. The summed E-state index contributed by atoms with van der Waals surface area (Å²) >= 11 is 4.71. The number of benzene rings is 2. The number of carbonyl (C=O) groups excluding carboxylic acids is 1. The third-order valence-corrected chi connectivity index (χ3v) is 7.31. The molecule has 1 aromatic heterocycles. The SMILES string of the molecule is CCOc1ccc([C@@H]2C(C(=O)OC)=CN=c3s/c(=C/c4cc(Br)cc(OC)c4OCC)c(=O)n32)cc1OCC. The minimum Gasteiger partial charge on any atom is -0.493 e. The van der Waals surface area contributed by atoms with Gasteiger partial charge in [-0.25, -0.2) is 9.79 Å². The van der Waals surface area contributed by atoms with Crippen molar-refractivity contribution >= 4 is 39.3 Å². The van der Waals surface area contributed by atoms with Crippen LogP contribution in [0.4, 0.5) is 0 Å². The minimum atomic E-state index is -0.783. The van der Waals surface area contributed by atoms with Crippen molar-refractivity contribution in [2.24, 2.45) is 4.99 Å². The Bertz CT molecular complexity index is 1590. The standard InChI is InChI=1S/C28H29BrN2O7S/c1-6-36-20-10-9-16(12-21(20)37-7-2)24-19(27(33)35-5)15-30-28-31(24)26(32)23(39-28)13-17-11-18(29)14-22(34-4)25(17)38-8-3/h9-15,24H,6-8H2,1-5H3/b23-13+/t24-/m1/s1. The van der Waals surface area contributed by atoms with Gasteiger partial charge >= 0.3 is 5.97 Å². The van der Waals surface area contributed by atoms with Crippen molar-refractivity contribution in [3.05, 3.63) is 77.4 Å². The second-order valence-electron chi connectivity index (χ2n) is 8.21. The molecule has 1 atom stereocenters. The summed E-state index contributed by atoms with van der Waals surface area (Å²) in [7, 11) is 2.86. The quantitative estimate of drug-likeness (QED) is 0.318. The van der Waals surface area contributed by atoms with Crippen LogP contribution in [0.1, 0.15) is 37.9 Å². The van der Waals surface area contributed by atoms with Crippen LogP contribution in [0.5, 0.6) is 23.0 Å². The molecule has 1 aliphatic rings. The van der Waals surface area contributed by atoms with Crippen molar-refractivity contribution in [3.63, 3.8) is 0 Å². The van der Waals surface area contributed by atoms with Gasteiger partial charge in [-0.1, -0.05) is 33.3 Å². The largest absolute Gasteiger partial charge is 0.493 e. The van der Waals surface area contributed by atoms with E-state index in [1.807, 2.05) is 32.9 Å². The number of methoxy groups -OCH3 is 2. The Labute approximate surface area is 238 Å². The third kappa shape index (κ3) is 5.74. The van der Waals surface area contributed by atoms with Crippen molar-refractivity contribution in [2.75, 3.05) is 34.0 Å². The summed E-state index contributed by atoms with van der Waals surface area (Å²) < 4.78 is 30.6. The molecule has 2 heterocycles. The van der Waals surface area contributed by atoms with Crippen LogP contribution in [0.15, 0.2) is 56.4 Å². The van der Waals surface area contributed by atoms with Gasteiger partial charge in [-0.3, -0.25) is 9.36 Å². The smallest absolute Gasteiger partial charge is 0.337 e. The average Bonchev–Trinajstić information content (AvgIpc) is 3.25. The van der Waals surface area contributed by atoms with E-state index in [4.69, 9.17) is 23.7 Å². The van der Waals surface area contributed by atoms with E-state index in [9.17, 15) is 9.59 Å². The van der Waals surface area contributed by atoms with Gasteiger partial charge in [0, 0.05) is 16.2 Å². The van der Waals surface area contributed by atoms with Gasteiger partial charge in [0.15, 0.2) is 27.8 Å². The van der Waals surface area contributed by atoms with E-state index in [2.05, 4.69) is 20.9 Å². The van der Waals surface area contributed by atoms with Crippen LogP contribution in [-0.4, -0.2) is 44.6 Å². The minimum absolute atomic E-state index is 0.224. The molecule has 0 unspecified atom stereocenters. The van der Waals surface area contributed by atoms with E-state index >= 15 is 0 Å². The van der Waals surface area contributed by atoms with Crippen molar-refractivity contribution in [1.82, 2.24) is 4.57 Å². The van der Waals surface area contributed by atoms with Gasteiger partial charge in [0.1, 0.15) is 0 Å². The monoisotopic (exact) mass is 616 g/mol. The maximum Gasteiger partial charge on any atom is 0.337 e. The highest BCUT2D eigenvalue weighted by Crippen LogP contribution is 2.36. The molecule has 0 saturated carbocycles. The molecule has 0 aliphatic carbocycles. The van der Waals surface area contributed by atoms with Crippen LogP contribution >= 0.6 is 27.3 Å². The summed E-state index contributed by atoms with van der Waals surface area (Å²) in [4.78, 5) is 31.6. The van der Waals surface area contributed by atoms with Crippen LogP contribution < -0.4 is 33.8 Å². The lowest BCUT2D eigenvalue weighted by Gasteiger charge is -2.23. The number of nitrogens with zero attached hydrogens (tertiary/aromatic N) is 2. The Hall–Kier alpha value is -3.57. The lowest BCUT2D eigenvalue weighted by molar-refractivity contribution is -0.136. The molecular formula is C28H29BrN2O7S. The molecule has 0 bridgehead atoms. The zero-order valence-corrected chi connectivity index (χ0v) is 24.7. The molecule has 0 N–H and O–H groups in total. The van der Waals surface area contributed by atoms with Crippen molar-refractivity contribution in [3.8, 4) is 23.0 Å². The number of thiazole rings is 1. The number of hydrogen-bond acceptors (Lipinski definition) is 9. The fraction of sp³-hybridized carbons (Fsp3) is 0.321. The number of rotatable bonds is 10. The highest BCUT2D eigenvalue weighted by Gasteiger charge is 2.31. The molecule has 1 aliphatic heterocycles. The number of ether oxygens (including phenoxy) is 5. The molecule has 0 spiro atoms. The summed E-state index contributed by atoms with van der Waals surface area (Å²) in [6.07, 6.45) is 3.20. The van der Waals surface area contributed by atoms with Gasteiger partial charge in [-0.2, -0.15) is 0 Å². The van der Waals surface area contributed by atoms with Gasteiger partial charge in [0.2, 0.25) is 0 Å². The first-order valence-electron chi connectivity index (χ1n) is 12.4. The van der Waals surface area contributed by atoms with Gasteiger partial charge < -0.3 is 23.7 Å². The maximum absolute atomic E-state index is 13.9. The van der Waals surface area contributed by atoms with E-state index in [0.717, 1.165) is 4.47 Å². The fourth-order valence-electron chi connectivity index (χ4n) is 4.27. The fourth-order valence-corrected chi connectivity index (χ4v) is 5.69. The van der Waals surface area contributed by atoms with Crippen LogP contribution in [-0.2, 0) is 9.53 Å². The molecule has 0 radical (unpaired) electrons. The lowest BCUT2D eigenvalue weighted by Crippen LogP contribution is -2.39. The number of fused-ring (bicyclic) bond motifs is 1. The molecule has 0 saturated heterocycles. The Balaban J connectivity index is 1.94. The summed E-state index contributed by atoms with van der Waals surface area (Å²) in [6.45, 7) is 6.94. The first-order chi connectivity index (χ1) is 18.9. The first-order valence-corrected chi connectivity index (χ1v) is 14.0. The highest BCUT2D eigenvalue weighted by atomic mass is 79.9. The summed E-state index contributed by atoms with van der Waals surface area (Å²) in [6, 6.07) is 8.23. The van der Waals surface area contributed by atoms with Gasteiger partial charge in [0.05, 0.1) is 50.2 Å². The summed E-state index contributed by atoms with van der Waals surface area (Å²) in [5.74, 6) is 1.57. The van der Waals surface area contributed by atoms with Gasteiger partial charge in [-0.05, 0) is 56.7 Å². The molecule has 2 aromatic carbocycles. The number of halogens is 1. The van der Waals surface area contributed by atoms with Crippen LogP contribution in [0.3, 0.4) is 0 Å². The van der Waals surface area contributed by atoms with Crippen LogP contribution in [0.2, 0.25) is 0 Å². The Morgan fingerprint density at radius 3 is 2.41 bits per heavy atom. The predicted octanol–water partition coefficient (Wildman–Crippen LogP) is 3.99. The Kier molecular flexibility index (Phi) is 9.13. The molecule has 11 heteroatoms. The van der Waals surface area contributed by atoms with E-state index in [0.29, 0.717) is 63.3 Å². The van der Waals surface area contributed by atoms with E-state index in [1.54, 1.807) is 31.4 Å². The Morgan fingerprint density at radius 1 is 1.03 bits per heavy atom. The molecule has 0 amide bonds. The third-order valence-electron chi connectivity index (χ3n) is 5.85. The van der Waals surface area contributed by atoms with Crippen molar-refractivity contribution in [2.45, 2.75) is 26.8 Å². The van der Waals surface area contributed by atoms with Crippen molar-refractivity contribution in [1.29, 1.82) is 0 Å². The average molecular weight is 618 g/mol. The van der Waals surface area contributed by atoms with E-state index in [-0.39, 0.29) is 11.1 Å². The molecule has 4 rings (SSSR count). The molecule has 0 fully saturated rings. The van der Waals surface area contributed by atoms with Gasteiger partial charge in [-0.15, -0.1) is 0 Å². The molecule has 3 aromatic rings. The summed E-state index contributed by atoms with van der Waals surface area (Å²) in [5.41, 5.74) is 1.23. The zero-order chi connectivity index (χ0) is 28.1. The molecule has 39 heavy (non-hydrogen) atoms. The first kappa shape index (κ1) is 28.4. The topological polar surface area (TPSA) is 97.6 Å². The van der Waals surface area contributed by atoms with Crippen LogP contribution in [0, 0.1) is 0 Å². The molecule has 9 nitrogen and oxygen atoms in total. The highest BCUT2D eigenvalue weighted by molar-refractivity contribution is 9.10. The number of aromatic nitrogens is 1. The second-order valence-corrected chi connectivity index (χ2v) is 10.1. The Morgan fingerprint density at radius 2 is 1.74 bits per heavy atom. The number of carbonyl (C=O) groups is 1. The number of hydrogen-bond donors (Lipinski definition) is 0. The zero-order valence-electron chi connectivity index (χ0n) is 22.3. The predicted molar refractivity (Wildman–Crippen MR) is 152 cm³/mol. The lowest BCUT2D eigenvalue weighted by atomic mass is 9.97. The number of esters is 1. The maximum atomic E-state index is 13.9. The van der Waals surface area contributed by atoms with E-state index in [1.165, 1.54) is 29.2 Å². The second kappa shape index (κ2) is 12.5. The van der Waals surface area contributed by atoms with Gasteiger partial charge in [0.25, 0.3) is 5.56 Å². The van der Waals surface area contributed by atoms with Crippen LogP contribution in [0.25, 0.3) is 6.08 Å². The normalized spacial score (nSPS) is 14.7.